The van der Waals surface area contributed by atoms with Crippen LogP contribution < -0.4 is 10.6 Å². The molecule has 1 rings (SSSR count). The maximum absolute atomic E-state index is 11.7. The van der Waals surface area contributed by atoms with Crippen LogP contribution in [0.4, 0.5) is 42.5 Å². The number of benzene rings is 1. The number of hydrogen-bond acceptors (Lipinski definition) is 5. The molecule has 0 aromatic heterocycles. The van der Waals surface area contributed by atoms with E-state index in [1.54, 1.807) is 0 Å². The van der Waals surface area contributed by atoms with Crippen molar-refractivity contribution in [2.75, 3.05) is 5.32 Å². The normalized spacial score (nSPS) is 10.6. The Morgan fingerprint density at radius 3 is 1.92 bits per heavy atom. The van der Waals surface area contributed by atoms with E-state index in [2.05, 4.69) is 0 Å². The van der Waals surface area contributed by atoms with Gasteiger partial charge in [-0.25, -0.2) is 14.9 Å². The van der Waals surface area contributed by atoms with Crippen LogP contribution in [0.3, 0.4) is 0 Å². The highest BCUT2D eigenvalue weighted by atomic mass is 19.4. The first-order valence-electron chi connectivity index (χ1n) is 5.40. The summed E-state index contributed by atoms with van der Waals surface area (Å²) < 4.78 is 67.0. The summed E-state index contributed by atoms with van der Waals surface area (Å²) in [6, 6.07) is 2.89. The van der Waals surface area contributed by atoms with Crippen LogP contribution >= 0.6 is 0 Å². The fourth-order valence-corrected chi connectivity index (χ4v) is 1.01. The van der Waals surface area contributed by atoms with Crippen molar-refractivity contribution in [3.8, 4) is 0 Å². The number of non-ortho nitro benzene ring substituents is 1. The number of amides is 2. The smallest absolute Gasteiger partial charge is 0.308 e. The molecule has 0 saturated heterocycles. The minimum atomic E-state index is -4.83. The number of rotatable bonds is 2. The van der Waals surface area contributed by atoms with Crippen molar-refractivity contribution in [1.82, 2.24) is 5.32 Å². The molecule has 14 heteroatoms. The summed E-state index contributed by atoms with van der Waals surface area (Å²) in [5.74, 6) is 0. The molecule has 2 N–H and O–H groups in total. The Bertz CT molecular complexity index is 622. The SMILES string of the molecule is O=C(Nc1ccc([N+](=O)[O-])cc1)NC(F)(F)F.O=C=NC(F)(F)F. The number of isocyanates is 1. The third-order valence-corrected chi connectivity index (χ3v) is 1.76. The Morgan fingerprint density at radius 1 is 1.12 bits per heavy atom. The number of alkyl halides is 6. The molecule has 0 saturated carbocycles. The van der Waals surface area contributed by atoms with Gasteiger partial charge in [0, 0.05) is 17.8 Å². The van der Waals surface area contributed by atoms with E-state index in [0.717, 1.165) is 29.6 Å². The highest BCUT2D eigenvalue weighted by Gasteiger charge is 2.30. The van der Waals surface area contributed by atoms with Crippen LogP contribution in [0.5, 0.6) is 0 Å². The average molecular weight is 360 g/mol. The number of carbonyl (C=O) groups is 1. The number of nitrogens with zero attached hydrogens (tertiary/aromatic N) is 2. The van der Waals surface area contributed by atoms with Crippen molar-refractivity contribution in [2.24, 2.45) is 4.99 Å². The summed E-state index contributed by atoms with van der Waals surface area (Å²) in [4.78, 5) is 30.6. The molecule has 1 aromatic carbocycles. The van der Waals surface area contributed by atoms with Gasteiger partial charge in [-0.1, -0.05) is 0 Å². The van der Waals surface area contributed by atoms with Gasteiger partial charge in [0.1, 0.15) is 0 Å². The van der Waals surface area contributed by atoms with Crippen LogP contribution in [0, 0.1) is 10.1 Å². The second-order valence-electron chi connectivity index (χ2n) is 3.55. The number of carbonyl (C=O) groups excluding carboxylic acids is 2. The van der Waals surface area contributed by atoms with E-state index >= 15 is 0 Å². The molecule has 0 bridgehead atoms. The summed E-state index contributed by atoms with van der Waals surface area (Å²) in [7, 11) is 0. The largest absolute Gasteiger partial charge is 0.513 e. The molecule has 0 unspecified atom stereocenters. The number of aliphatic imine (C=N–C) groups is 1. The molecule has 24 heavy (non-hydrogen) atoms. The second kappa shape index (κ2) is 8.47. The van der Waals surface area contributed by atoms with Crippen molar-refractivity contribution in [3.05, 3.63) is 34.4 Å². The van der Waals surface area contributed by atoms with Crippen LogP contribution in [-0.4, -0.2) is 29.6 Å². The lowest BCUT2D eigenvalue weighted by Crippen LogP contribution is -2.40. The minimum Gasteiger partial charge on any atom is -0.308 e. The number of nitrogens with one attached hydrogen (secondary N) is 2. The van der Waals surface area contributed by atoms with Crippen LogP contribution in [-0.2, 0) is 4.79 Å². The molecular formula is C10H6F6N4O4. The van der Waals surface area contributed by atoms with Gasteiger partial charge in [-0.15, -0.1) is 18.2 Å². The first-order valence-corrected chi connectivity index (χ1v) is 5.40. The summed E-state index contributed by atoms with van der Waals surface area (Å²) in [6.07, 6.45) is -9.22. The van der Waals surface area contributed by atoms with Crippen molar-refractivity contribution >= 4 is 23.5 Å². The first kappa shape index (κ1) is 20.9. The summed E-state index contributed by atoms with van der Waals surface area (Å²) in [5, 5.41) is 12.9. The number of nitro benzene ring substituents is 1. The number of hydrogen-bond donors (Lipinski definition) is 2. The molecule has 0 aliphatic heterocycles. The summed E-state index contributed by atoms with van der Waals surface area (Å²) in [6.45, 7) is 0. The fraction of sp³-hybridized carbons (Fsp3) is 0.200. The third kappa shape index (κ3) is 10.6. The van der Waals surface area contributed by atoms with Gasteiger partial charge in [0.25, 0.3) is 5.69 Å². The number of halogens is 6. The van der Waals surface area contributed by atoms with E-state index in [0.29, 0.717) is 6.08 Å². The molecule has 0 aliphatic rings. The zero-order valence-electron chi connectivity index (χ0n) is 11.1. The van der Waals surface area contributed by atoms with Crippen molar-refractivity contribution < 1.29 is 40.9 Å². The summed E-state index contributed by atoms with van der Waals surface area (Å²) >= 11 is 0. The van der Waals surface area contributed by atoms with Gasteiger partial charge in [0.15, 0.2) is 0 Å². The average Bonchev–Trinajstić information content (AvgIpc) is 2.36. The maximum Gasteiger partial charge on any atom is 0.513 e. The van der Waals surface area contributed by atoms with Crippen LogP contribution in [0.25, 0.3) is 0 Å². The van der Waals surface area contributed by atoms with Crippen molar-refractivity contribution in [1.29, 1.82) is 0 Å². The maximum atomic E-state index is 11.7. The quantitative estimate of drug-likeness (QED) is 0.211. The molecule has 2 amide bonds. The Kier molecular flexibility index (Phi) is 7.36. The van der Waals surface area contributed by atoms with Crippen molar-refractivity contribution in [3.63, 3.8) is 0 Å². The monoisotopic (exact) mass is 360 g/mol. The van der Waals surface area contributed by atoms with Gasteiger partial charge in [-0.2, -0.15) is 13.2 Å². The molecular weight excluding hydrogens is 354 g/mol. The van der Waals surface area contributed by atoms with Gasteiger partial charge < -0.3 is 5.32 Å². The van der Waals surface area contributed by atoms with Crippen LogP contribution in [0.2, 0.25) is 0 Å². The van der Waals surface area contributed by atoms with Gasteiger partial charge in [-0.3, -0.25) is 10.1 Å². The van der Waals surface area contributed by atoms with E-state index < -0.39 is 23.6 Å². The Morgan fingerprint density at radius 2 is 1.62 bits per heavy atom. The molecule has 0 spiro atoms. The molecule has 0 aliphatic carbocycles. The first-order chi connectivity index (χ1) is 10.8. The molecule has 8 nitrogen and oxygen atoms in total. The van der Waals surface area contributed by atoms with E-state index in [-0.39, 0.29) is 11.4 Å². The van der Waals surface area contributed by atoms with E-state index in [1.807, 2.05) is 5.32 Å². The van der Waals surface area contributed by atoms with Crippen molar-refractivity contribution in [2.45, 2.75) is 12.6 Å². The topological polar surface area (TPSA) is 114 Å². The van der Waals surface area contributed by atoms with Crippen LogP contribution in [0.15, 0.2) is 29.3 Å². The van der Waals surface area contributed by atoms with Gasteiger partial charge >= 0.3 is 18.6 Å². The zero-order chi connectivity index (χ0) is 19.0. The zero-order valence-corrected chi connectivity index (χ0v) is 11.1. The van der Waals surface area contributed by atoms with Gasteiger partial charge in [0.2, 0.25) is 6.08 Å². The Labute approximate surface area is 128 Å². The molecule has 0 fully saturated rings. The highest BCUT2D eigenvalue weighted by molar-refractivity contribution is 5.89. The summed E-state index contributed by atoms with van der Waals surface area (Å²) in [5.41, 5.74) is -0.218. The third-order valence-electron chi connectivity index (χ3n) is 1.76. The molecule has 0 heterocycles. The number of urea groups is 1. The lowest BCUT2D eigenvalue weighted by atomic mass is 10.3. The number of nitro groups is 1. The highest BCUT2D eigenvalue weighted by Crippen LogP contribution is 2.16. The minimum absolute atomic E-state index is 0.0114. The van der Waals surface area contributed by atoms with Gasteiger partial charge in [0.05, 0.1) is 4.92 Å². The lowest BCUT2D eigenvalue weighted by molar-refractivity contribution is -0.384. The van der Waals surface area contributed by atoms with E-state index in [1.165, 1.54) is 4.99 Å². The fourth-order valence-electron chi connectivity index (χ4n) is 1.01. The standard InChI is InChI=1S/C8H6F3N3O3.C2F3NO/c9-8(10,11)13-7(15)12-5-1-3-6(4-2-5)14(16)17;3-2(4,5)6-1-7/h1-4H,(H2,12,13,15);. The molecule has 0 atom stereocenters. The molecule has 0 radical (unpaired) electrons. The van der Waals surface area contributed by atoms with Gasteiger partial charge in [-0.05, 0) is 12.1 Å². The molecule has 1 aromatic rings. The Hall–Kier alpha value is -3.15. The van der Waals surface area contributed by atoms with E-state index in [4.69, 9.17) is 4.79 Å². The predicted octanol–water partition coefficient (Wildman–Crippen LogP) is 3.08. The molecule has 132 valence electrons. The van der Waals surface area contributed by atoms with Crippen LogP contribution in [0.1, 0.15) is 0 Å². The van der Waals surface area contributed by atoms with E-state index in [9.17, 15) is 41.3 Å². The lowest BCUT2D eigenvalue weighted by Gasteiger charge is -2.09. The number of anilines is 1. The predicted molar refractivity (Wildman–Crippen MR) is 65.5 cm³/mol. The Balaban J connectivity index is 0.000000640. The second-order valence-corrected chi connectivity index (χ2v) is 3.55.